The van der Waals surface area contributed by atoms with E-state index in [4.69, 9.17) is 9.26 Å². The van der Waals surface area contributed by atoms with Gasteiger partial charge in [0.15, 0.2) is 18.2 Å². The first-order chi connectivity index (χ1) is 10.7. The molecule has 1 amide bonds. The van der Waals surface area contributed by atoms with Crippen molar-refractivity contribution in [3.8, 4) is 5.75 Å². The van der Waals surface area contributed by atoms with Gasteiger partial charge in [-0.15, -0.1) is 12.4 Å². The summed E-state index contributed by atoms with van der Waals surface area (Å²) in [6.07, 6.45) is 0. The number of carbonyl (C=O) groups excluding carboxylic acids is 1. The number of carbonyl (C=O) groups is 1. The SMILES string of the molecule is Cl.O=C1CNCCN1Cc1nc(COc2ccccc2F)no1. The predicted molar refractivity (Wildman–Crippen MR) is 80.6 cm³/mol. The zero-order chi connectivity index (χ0) is 15.4. The number of piperazine rings is 1. The zero-order valence-electron chi connectivity index (χ0n) is 12.2. The van der Waals surface area contributed by atoms with Crippen molar-refractivity contribution in [2.75, 3.05) is 19.6 Å². The molecule has 23 heavy (non-hydrogen) atoms. The Morgan fingerprint density at radius 2 is 2.22 bits per heavy atom. The fourth-order valence-electron chi connectivity index (χ4n) is 2.09. The first kappa shape index (κ1) is 17.2. The van der Waals surface area contributed by atoms with E-state index < -0.39 is 5.82 Å². The Morgan fingerprint density at radius 1 is 1.39 bits per heavy atom. The maximum absolute atomic E-state index is 13.4. The van der Waals surface area contributed by atoms with E-state index in [0.29, 0.717) is 24.8 Å². The molecule has 9 heteroatoms. The van der Waals surface area contributed by atoms with E-state index in [1.807, 2.05) is 0 Å². The van der Waals surface area contributed by atoms with Gasteiger partial charge in [-0.05, 0) is 12.1 Å². The maximum Gasteiger partial charge on any atom is 0.246 e. The largest absolute Gasteiger partial charge is 0.482 e. The summed E-state index contributed by atoms with van der Waals surface area (Å²) < 4.78 is 23.8. The number of hydrogen-bond acceptors (Lipinski definition) is 6. The third kappa shape index (κ3) is 4.40. The van der Waals surface area contributed by atoms with Crippen molar-refractivity contribution < 1.29 is 18.4 Å². The molecule has 1 aromatic carbocycles. The van der Waals surface area contributed by atoms with Gasteiger partial charge in [-0.1, -0.05) is 17.3 Å². The molecule has 0 spiro atoms. The average Bonchev–Trinajstić information content (AvgIpc) is 2.96. The third-order valence-electron chi connectivity index (χ3n) is 3.22. The molecule has 2 aromatic rings. The molecule has 1 aliphatic rings. The van der Waals surface area contributed by atoms with Gasteiger partial charge in [0.25, 0.3) is 0 Å². The van der Waals surface area contributed by atoms with E-state index >= 15 is 0 Å². The van der Waals surface area contributed by atoms with E-state index in [2.05, 4.69) is 15.5 Å². The molecule has 0 atom stereocenters. The van der Waals surface area contributed by atoms with Crippen LogP contribution in [0.2, 0.25) is 0 Å². The Morgan fingerprint density at radius 3 is 3.00 bits per heavy atom. The van der Waals surface area contributed by atoms with Gasteiger partial charge in [-0.2, -0.15) is 4.98 Å². The second kappa shape index (κ2) is 7.89. The Labute approximate surface area is 138 Å². The van der Waals surface area contributed by atoms with Gasteiger partial charge in [-0.25, -0.2) is 4.39 Å². The van der Waals surface area contributed by atoms with Gasteiger partial charge in [0.2, 0.25) is 17.6 Å². The van der Waals surface area contributed by atoms with Crippen molar-refractivity contribution in [3.05, 3.63) is 41.8 Å². The summed E-state index contributed by atoms with van der Waals surface area (Å²) in [5, 5.41) is 6.75. The van der Waals surface area contributed by atoms with Crippen LogP contribution in [0.15, 0.2) is 28.8 Å². The Bertz CT molecular complexity index is 667. The van der Waals surface area contributed by atoms with E-state index in [1.54, 1.807) is 17.0 Å². The van der Waals surface area contributed by atoms with Crippen LogP contribution >= 0.6 is 12.4 Å². The quantitative estimate of drug-likeness (QED) is 0.877. The number of amides is 1. The Hall–Kier alpha value is -2.19. The number of hydrogen-bond donors (Lipinski definition) is 1. The molecule has 7 nitrogen and oxygen atoms in total. The average molecular weight is 343 g/mol. The van der Waals surface area contributed by atoms with Crippen molar-refractivity contribution in [3.63, 3.8) is 0 Å². The van der Waals surface area contributed by atoms with Crippen molar-refractivity contribution in [1.29, 1.82) is 0 Å². The summed E-state index contributed by atoms with van der Waals surface area (Å²) in [6, 6.07) is 6.10. The molecule has 124 valence electrons. The number of ether oxygens (including phenoxy) is 1. The molecule has 0 bridgehead atoms. The third-order valence-corrected chi connectivity index (χ3v) is 3.22. The molecule has 0 saturated carbocycles. The standard InChI is InChI=1S/C14H15FN4O3.ClH/c15-10-3-1-2-4-11(10)21-9-12-17-13(22-18-12)8-19-6-5-16-7-14(19)20;/h1-4,16H,5-9H2;1H. The van der Waals surface area contributed by atoms with Crippen molar-refractivity contribution in [2.45, 2.75) is 13.2 Å². The smallest absolute Gasteiger partial charge is 0.246 e. The second-order valence-corrected chi connectivity index (χ2v) is 4.82. The van der Waals surface area contributed by atoms with Crippen LogP contribution in [0.5, 0.6) is 5.75 Å². The molecular weight excluding hydrogens is 327 g/mol. The van der Waals surface area contributed by atoms with Crippen LogP contribution < -0.4 is 10.1 Å². The Kier molecular flexibility index (Phi) is 5.89. The minimum atomic E-state index is -0.447. The van der Waals surface area contributed by atoms with E-state index in [0.717, 1.165) is 6.54 Å². The Balaban J connectivity index is 0.00000192. The minimum absolute atomic E-state index is 0. The summed E-state index contributed by atoms with van der Waals surface area (Å²) in [7, 11) is 0. The number of rotatable bonds is 5. The molecular formula is C14H16ClFN4O3. The summed E-state index contributed by atoms with van der Waals surface area (Å²) in [5.41, 5.74) is 0. The van der Waals surface area contributed by atoms with Gasteiger partial charge >= 0.3 is 0 Å². The molecule has 1 fully saturated rings. The lowest BCUT2D eigenvalue weighted by atomic mass is 10.3. The van der Waals surface area contributed by atoms with E-state index in [1.165, 1.54) is 12.1 Å². The predicted octanol–water partition coefficient (Wildman–Crippen LogP) is 1.14. The number of halogens is 2. The fourth-order valence-corrected chi connectivity index (χ4v) is 2.09. The first-order valence-electron chi connectivity index (χ1n) is 6.89. The lowest BCUT2D eigenvalue weighted by Crippen LogP contribution is -2.47. The maximum atomic E-state index is 13.4. The molecule has 2 heterocycles. The molecule has 1 N–H and O–H groups in total. The highest BCUT2D eigenvalue weighted by Crippen LogP contribution is 2.16. The molecule has 0 aliphatic carbocycles. The summed E-state index contributed by atoms with van der Waals surface area (Å²) in [5.74, 6) is 0.320. The van der Waals surface area contributed by atoms with Crippen LogP contribution in [0.4, 0.5) is 4.39 Å². The highest BCUT2D eigenvalue weighted by Gasteiger charge is 2.20. The first-order valence-corrected chi connectivity index (χ1v) is 6.89. The fraction of sp³-hybridized carbons (Fsp3) is 0.357. The molecule has 0 radical (unpaired) electrons. The number of aromatic nitrogens is 2. The van der Waals surface area contributed by atoms with E-state index in [-0.39, 0.29) is 37.2 Å². The number of nitrogens with zero attached hydrogens (tertiary/aromatic N) is 3. The minimum Gasteiger partial charge on any atom is -0.482 e. The molecule has 1 aromatic heterocycles. The highest BCUT2D eigenvalue weighted by atomic mass is 35.5. The number of benzene rings is 1. The van der Waals surface area contributed by atoms with Crippen LogP contribution in [0.25, 0.3) is 0 Å². The van der Waals surface area contributed by atoms with Crippen LogP contribution in [-0.4, -0.2) is 40.6 Å². The summed E-state index contributed by atoms with van der Waals surface area (Å²) in [6.45, 7) is 1.93. The van der Waals surface area contributed by atoms with Crippen LogP contribution in [-0.2, 0) is 17.9 Å². The van der Waals surface area contributed by atoms with Crippen LogP contribution in [0.1, 0.15) is 11.7 Å². The van der Waals surface area contributed by atoms with Gasteiger partial charge in [0.1, 0.15) is 6.54 Å². The lowest BCUT2D eigenvalue weighted by molar-refractivity contribution is -0.132. The van der Waals surface area contributed by atoms with Gasteiger partial charge in [0.05, 0.1) is 6.54 Å². The van der Waals surface area contributed by atoms with Crippen LogP contribution in [0, 0.1) is 5.82 Å². The summed E-state index contributed by atoms with van der Waals surface area (Å²) >= 11 is 0. The van der Waals surface area contributed by atoms with Gasteiger partial charge < -0.3 is 19.5 Å². The monoisotopic (exact) mass is 342 g/mol. The lowest BCUT2D eigenvalue weighted by Gasteiger charge is -2.25. The van der Waals surface area contributed by atoms with Crippen LogP contribution in [0.3, 0.4) is 0 Å². The zero-order valence-corrected chi connectivity index (χ0v) is 13.0. The van der Waals surface area contributed by atoms with Crippen molar-refractivity contribution >= 4 is 18.3 Å². The van der Waals surface area contributed by atoms with Crippen molar-refractivity contribution in [2.24, 2.45) is 0 Å². The number of para-hydroxylation sites is 1. The molecule has 1 aliphatic heterocycles. The molecule has 1 saturated heterocycles. The van der Waals surface area contributed by atoms with E-state index in [9.17, 15) is 9.18 Å². The van der Waals surface area contributed by atoms with Gasteiger partial charge in [0, 0.05) is 13.1 Å². The topological polar surface area (TPSA) is 80.5 Å². The van der Waals surface area contributed by atoms with Crippen molar-refractivity contribution in [1.82, 2.24) is 20.4 Å². The van der Waals surface area contributed by atoms with Gasteiger partial charge in [-0.3, -0.25) is 4.79 Å². The highest BCUT2D eigenvalue weighted by molar-refractivity contribution is 5.85. The molecule has 0 unspecified atom stereocenters. The second-order valence-electron chi connectivity index (χ2n) is 4.82. The molecule has 3 rings (SSSR count). The normalized spacial score (nSPS) is 14.5. The number of nitrogens with one attached hydrogen (secondary N) is 1. The summed E-state index contributed by atoms with van der Waals surface area (Å²) in [4.78, 5) is 17.4.